The van der Waals surface area contributed by atoms with E-state index in [4.69, 9.17) is 14.6 Å². The molecule has 0 amide bonds. The van der Waals surface area contributed by atoms with Gasteiger partial charge < -0.3 is 14.6 Å². The van der Waals surface area contributed by atoms with Gasteiger partial charge in [0.15, 0.2) is 11.5 Å². The van der Waals surface area contributed by atoms with Crippen LogP contribution in [-0.4, -0.2) is 24.8 Å². The lowest BCUT2D eigenvalue weighted by Gasteiger charge is -2.11. The van der Waals surface area contributed by atoms with Gasteiger partial charge in [-0.15, -0.1) is 0 Å². The third kappa shape index (κ3) is 7.16. The van der Waals surface area contributed by atoms with E-state index in [2.05, 4.69) is 6.92 Å². The number of unbranched alkanes of at least 4 members (excludes halogenated alkanes) is 5. The molecular formula is C18H26O4. The largest absolute Gasteiger partial charge is 0.493 e. The lowest BCUT2D eigenvalue weighted by Crippen LogP contribution is -2.00. The number of methoxy groups -OCH3 is 1. The zero-order chi connectivity index (χ0) is 16.2. The fourth-order valence-corrected chi connectivity index (χ4v) is 2.14. The van der Waals surface area contributed by atoms with E-state index < -0.39 is 5.97 Å². The molecule has 0 spiro atoms. The Kier molecular flexibility index (Phi) is 8.80. The maximum Gasteiger partial charge on any atom is 0.328 e. The van der Waals surface area contributed by atoms with E-state index in [-0.39, 0.29) is 0 Å². The minimum absolute atomic E-state index is 0.647. The summed E-state index contributed by atoms with van der Waals surface area (Å²) in [7, 11) is 1.60. The van der Waals surface area contributed by atoms with Gasteiger partial charge in [-0.05, 0) is 30.2 Å². The molecule has 4 heteroatoms. The summed E-state index contributed by atoms with van der Waals surface area (Å²) in [4.78, 5) is 10.6. The van der Waals surface area contributed by atoms with Gasteiger partial charge in [0.1, 0.15) is 0 Å². The summed E-state index contributed by atoms with van der Waals surface area (Å²) in [5.41, 5.74) is 0.779. The van der Waals surface area contributed by atoms with Crippen molar-refractivity contribution in [3.63, 3.8) is 0 Å². The average Bonchev–Trinajstić information content (AvgIpc) is 2.52. The highest BCUT2D eigenvalue weighted by Gasteiger charge is 2.05. The van der Waals surface area contributed by atoms with Crippen LogP contribution < -0.4 is 9.47 Å². The Labute approximate surface area is 132 Å². The van der Waals surface area contributed by atoms with Gasteiger partial charge in [-0.25, -0.2) is 4.79 Å². The third-order valence-corrected chi connectivity index (χ3v) is 3.36. The molecule has 1 N–H and O–H groups in total. The van der Waals surface area contributed by atoms with Crippen LogP contribution in [0.5, 0.6) is 11.5 Å². The van der Waals surface area contributed by atoms with E-state index in [1.807, 2.05) is 0 Å². The summed E-state index contributed by atoms with van der Waals surface area (Å²) in [6.45, 7) is 2.86. The van der Waals surface area contributed by atoms with Crippen LogP contribution in [0.4, 0.5) is 0 Å². The Hall–Kier alpha value is -1.97. The first-order valence-electron chi connectivity index (χ1n) is 7.89. The number of benzene rings is 1. The van der Waals surface area contributed by atoms with Crippen molar-refractivity contribution < 1.29 is 19.4 Å². The van der Waals surface area contributed by atoms with Gasteiger partial charge in [0, 0.05) is 6.08 Å². The van der Waals surface area contributed by atoms with Crippen LogP contribution >= 0.6 is 0 Å². The minimum Gasteiger partial charge on any atom is -0.493 e. The second-order valence-corrected chi connectivity index (χ2v) is 5.20. The van der Waals surface area contributed by atoms with Gasteiger partial charge in [0.05, 0.1) is 13.7 Å². The molecule has 122 valence electrons. The molecule has 0 radical (unpaired) electrons. The van der Waals surface area contributed by atoms with Crippen molar-refractivity contribution in [3.05, 3.63) is 29.8 Å². The standard InChI is InChI=1S/C18H26O4/c1-3-4-5-6-7-8-13-22-17-14-15(10-12-18(19)20)9-11-16(17)21-2/h9-12,14H,3-8,13H2,1-2H3,(H,19,20)/b12-10+. The topological polar surface area (TPSA) is 55.8 Å². The van der Waals surface area contributed by atoms with Crippen molar-refractivity contribution in [1.82, 2.24) is 0 Å². The van der Waals surface area contributed by atoms with E-state index in [9.17, 15) is 4.79 Å². The van der Waals surface area contributed by atoms with E-state index in [1.54, 1.807) is 31.4 Å². The molecule has 0 aliphatic heterocycles. The molecule has 0 aromatic heterocycles. The molecule has 4 nitrogen and oxygen atoms in total. The number of carboxylic acid groups (broad SMARTS) is 1. The summed E-state index contributed by atoms with van der Waals surface area (Å²) in [5.74, 6) is 0.354. The smallest absolute Gasteiger partial charge is 0.328 e. The lowest BCUT2D eigenvalue weighted by atomic mass is 10.1. The van der Waals surface area contributed by atoms with E-state index in [1.165, 1.54) is 32.1 Å². The van der Waals surface area contributed by atoms with Crippen molar-refractivity contribution in [2.45, 2.75) is 45.4 Å². The Balaban J connectivity index is 2.49. The summed E-state index contributed by atoms with van der Waals surface area (Å²) >= 11 is 0. The Bertz CT molecular complexity index is 480. The van der Waals surface area contributed by atoms with E-state index in [0.717, 1.165) is 18.1 Å². The molecule has 1 rings (SSSR count). The van der Waals surface area contributed by atoms with Gasteiger partial charge in [-0.3, -0.25) is 0 Å². The van der Waals surface area contributed by atoms with Crippen molar-refractivity contribution in [2.24, 2.45) is 0 Å². The summed E-state index contributed by atoms with van der Waals surface area (Å²) in [6, 6.07) is 5.39. The van der Waals surface area contributed by atoms with Crippen molar-refractivity contribution in [3.8, 4) is 11.5 Å². The summed E-state index contributed by atoms with van der Waals surface area (Å²) in [5, 5.41) is 8.66. The monoisotopic (exact) mass is 306 g/mol. The lowest BCUT2D eigenvalue weighted by molar-refractivity contribution is -0.131. The van der Waals surface area contributed by atoms with Gasteiger partial charge in [-0.1, -0.05) is 45.1 Å². The van der Waals surface area contributed by atoms with Gasteiger partial charge >= 0.3 is 5.97 Å². The highest BCUT2D eigenvalue weighted by molar-refractivity contribution is 5.85. The van der Waals surface area contributed by atoms with Gasteiger partial charge in [0.2, 0.25) is 0 Å². The fourth-order valence-electron chi connectivity index (χ4n) is 2.14. The highest BCUT2D eigenvalue weighted by atomic mass is 16.5. The van der Waals surface area contributed by atoms with Crippen LogP contribution in [0.15, 0.2) is 24.3 Å². The maximum absolute atomic E-state index is 10.6. The zero-order valence-corrected chi connectivity index (χ0v) is 13.5. The zero-order valence-electron chi connectivity index (χ0n) is 13.5. The quantitative estimate of drug-likeness (QED) is 0.482. The van der Waals surface area contributed by atoms with E-state index >= 15 is 0 Å². The summed E-state index contributed by atoms with van der Waals surface area (Å²) in [6.07, 6.45) is 9.92. The normalized spacial score (nSPS) is 10.8. The van der Waals surface area contributed by atoms with Gasteiger partial charge in [0.25, 0.3) is 0 Å². The molecule has 0 aliphatic rings. The molecule has 1 aromatic rings. The molecular weight excluding hydrogens is 280 g/mol. The number of carboxylic acids is 1. The van der Waals surface area contributed by atoms with Crippen LogP contribution in [0.1, 0.15) is 51.0 Å². The Morgan fingerprint density at radius 2 is 1.86 bits per heavy atom. The van der Waals surface area contributed by atoms with Crippen molar-refractivity contribution in [2.75, 3.05) is 13.7 Å². The number of aliphatic carboxylic acids is 1. The fraction of sp³-hybridized carbons (Fsp3) is 0.500. The SMILES string of the molecule is CCCCCCCCOc1cc(/C=C/C(=O)O)ccc1OC. The van der Waals surface area contributed by atoms with Crippen molar-refractivity contribution in [1.29, 1.82) is 0 Å². The number of rotatable bonds is 11. The molecule has 0 fully saturated rings. The van der Waals surface area contributed by atoms with Crippen LogP contribution in [0.2, 0.25) is 0 Å². The molecule has 0 atom stereocenters. The van der Waals surface area contributed by atoms with Crippen LogP contribution in [-0.2, 0) is 4.79 Å². The molecule has 22 heavy (non-hydrogen) atoms. The number of hydrogen-bond acceptors (Lipinski definition) is 3. The predicted octanol–water partition coefficient (Wildman–Crippen LogP) is 4.53. The summed E-state index contributed by atoms with van der Waals surface area (Å²) < 4.78 is 11.0. The first-order valence-corrected chi connectivity index (χ1v) is 7.89. The van der Waals surface area contributed by atoms with Gasteiger partial charge in [-0.2, -0.15) is 0 Å². The molecule has 0 heterocycles. The number of hydrogen-bond donors (Lipinski definition) is 1. The maximum atomic E-state index is 10.6. The Morgan fingerprint density at radius 1 is 1.14 bits per heavy atom. The molecule has 1 aromatic carbocycles. The third-order valence-electron chi connectivity index (χ3n) is 3.36. The average molecular weight is 306 g/mol. The second-order valence-electron chi connectivity index (χ2n) is 5.20. The molecule has 0 bridgehead atoms. The Morgan fingerprint density at radius 3 is 2.55 bits per heavy atom. The van der Waals surface area contributed by atoms with Crippen LogP contribution in [0, 0.1) is 0 Å². The number of carbonyl (C=O) groups is 1. The van der Waals surface area contributed by atoms with Crippen molar-refractivity contribution >= 4 is 12.0 Å². The highest BCUT2D eigenvalue weighted by Crippen LogP contribution is 2.28. The first kappa shape index (κ1) is 18.1. The molecule has 0 aliphatic carbocycles. The minimum atomic E-state index is -0.967. The molecule has 0 saturated carbocycles. The second kappa shape index (κ2) is 10.7. The molecule has 0 saturated heterocycles. The molecule has 0 unspecified atom stereocenters. The van der Waals surface area contributed by atoms with E-state index in [0.29, 0.717) is 18.1 Å². The van der Waals surface area contributed by atoms with Crippen LogP contribution in [0.3, 0.4) is 0 Å². The number of ether oxygens (including phenoxy) is 2. The predicted molar refractivity (Wildman–Crippen MR) is 88.5 cm³/mol. The first-order chi connectivity index (χ1) is 10.7. The van der Waals surface area contributed by atoms with Crippen LogP contribution in [0.25, 0.3) is 6.08 Å².